The van der Waals surface area contributed by atoms with Crippen molar-refractivity contribution in [2.75, 3.05) is 40.3 Å². The van der Waals surface area contributed by atoms with Crippen LogP contribution in [0.25, 0.3) is 0 Å². The topological polar surface area (TPSA) is 23.6 Å². The van der Waals surface area contributed by atoms with Crippen molar-refractivity contribution >= 4 is 5.78 Å². The molecule has 0 aliphatic carbocycles. The molecule has 0 fully saturated rings. The Balaban J connectivity index is 4.16. The van der Waals surface area contributed by atoms with Crippen molar-refractivity contribution in [3.8, 4) is 0 Å². The van der Waals surface area contributed by atoms with Gasteiger partial charge in [0.1, 0.15) is 5.78 Å². The van der Waals surface area contributed by atoms with Crippen LogP contribution < -0.4 is 0 Å². The van der Waals surface area contributed by atoms with Crippen LogP contribution in [0.2, 0.25) is 0 Å². The van der Waals surface area contributed by atoms with Crippen molar-refractivity contribution in [1.29, 1.82) is 0 Å². The second-order valence-electron chi connectivity index (χ2n) is 14.0. The molecule has 3 nitrogen and oxygen atoms in total. The highest BCUT2D eigenvalue weighted by molar-refractivity contribution is 5.78. The number of hydrogen-bond acceptors (Lipinski definition) is 3. The zero-order chi connectivity index (χ0) is 30.9. The van der Waals surface area contributed by atoms with E-state index in [1.807, 2.05) is 0 Å². The van der Waals surface area contributed by atoms with E-state index in [0.717, 1.165) is 25.8 Å². The molecule has 0 atom stereocenters. The summed E-state index contributed by atoms with van der Waals surface area (Å²) in [6.07, 6.45) is 36.7. The first-order valence-electron chi connectivity index (χ1n) is 19.4. The number of hydrogen-bond donors (Lipinski definition) is 0. The maximum atomic E-state index is 12.9. The molecular weight excluding hydrogens is 512 g/mol. The predicted molar refractivity (Wildman–Crippen MR) is 190 cm³/mol. The number of unbranched alkanes of at least 4 members (excludes halogenated alkanes) is 20. The third-order valence-electron chi connectivity index (χ3n) is 9.32. The van der Waals surface area contributed by atoms with Gasteiger partial charge in [0.15, 0.2) is 0 Å². The Kier molecular flexibility index (Phi) is 33.2. The van der Waals surface area contributed by atoms with Crippen LogP contribution in [-0.2, 0) is 4.79 Å². The standard InChI is InChI=1S/C39H80N2O/c1-6-9-12-15-18-23-28-33-41(36-35-40(4)5)34-29-24-19-22-27-32-39(42)37-38(30-25-20-16-13-10-7-2)31-26-21-17-14-11-8-3/h38H,6-37H2,1-5H3. The molecule has 0 saturated carbocycles. The van der Waals surface area contributed by atoms with Crippen LogP contribution >= 0.6 is 0 Å². The highest BCUT2D eigenvalue weighted by atomic mass is 16.1. The van der Waals surface area contributed by atoms with Gasteiger partial charge in [0, 0.05) is 25.9 Å². The molecule has 252 valence electrons. The van der Waals surface area contributed by atoms with E-state index in [-0.39, 0.29) is 0 Å². The molecule has 0 aromatic rings. The first-order valence-corrected chi connectivity index (χ1v) is 19.4. The monoisotopic (exact) mass is 593 g/mol. The van der Waals surface area contributed by atoms with E-state index in [9.17, 15) is 4.79 Å². The molecule has 0 spiro atoms. The molecule has 0 amide bonds. The maximum Gasteiger partial charge on any atom is 0.133 e. The minimum Gasteiger partial charge on any atom is -0.308 e. The van der Waals surface area contributed by atoms with Gasteiger partial charge in [-0.1, -0.05) is 168 Å². The largest absolute Gasteiger partial charge is 0.308 e. The number of rotatable bonds is 35. The summed E-state index contributed by atoms with van der Waals surface area (Å²) in [6.45, 7) is 11.8. The number of ketones is 1. The van der Waals surface area contributed by atoms with Gasteiger partial charge in [-0.2, -0.15) is 0 Å². The van der Waals surface area contributed by atoms with Crippen molar-refractivity contribution in [2.45, 2.75) is 201 Å². The maximum absolute atomic E-state index is 12.9. The average Bonchev–Trinajstić information content (AvgIpc) is 2.97. The lowest BCUT2D eigenvalue weighted by Gasteiger charge is -2.24. The summed E-state index contributed by atoms with van der Waals surface area (Å²) in [7, 11) is 4.39. The first-order chi connectivity index (χ1) is 20.5. The van der Waals surface area contributed by atoms with Crippen LogP contribution in [0.15, 0.2) is 0 Å². The zero-order valence-corrected chi connectivity index (χ0v) is 30.0. The summed E-state index contributed by atoms with van der Waals surface area (Å²) in [5, 5.41) is 0. The van der Waals surface area contributed by atoms with Crippen LogP contribution in [0.1, 0.15) is 201 Å². The summed E-state index contributed by atoms with van der Waals surface area (Å²) in [5.74, 6) is 1.21. The lowest BCUT2D eigenvalue weighted by molar-refractivity contribution is -0.120. The minimum atomic E-state index is 0.557. The number of carbonyl (C=O) groups excluding carboxylic acids is 1. The molecule has 0 aliphatic heterocycles. The molecule has 0 heterocycles. The highest BCUT2D eigenvalue weighted by Gasteiger charge is 2.14. The molecule has 3 heteroatoms. The number of carbonyl (C=O) groups is 1. The van der Waals surface area contributed by atoms with Gasteiger partial charge in [-0.25, -0.2) is 0 Å². The van der Waals surface area contributed by atoms with Crippen molar-refractivity contribution < 1.29 is 4.79 Å². The Morgan fingerprint density at radius 2 is 0.833 bits per heavy atom. The minimum absolute atomic E-state index is 0.557. The number of Topliss-reactive ketones (excluding diaryl/α,β-unsaturated/α-hetero) is 1. The lowest BCUT2D eigenvalue weighted by Crippen LogP contribution is -2.33. The zero-order valence-electron chi connectivity index (χ0n) is 30.0. The van der Waals surface area contributed by atoms with Gasteiger partial charge in [0.2, 0.25) is 0 Å². The molecule has 0 N–H and O–H groups in total. The summed E-state index contributed by atoms with van der Waals surface area (Å²) >= 11 is 0. The van der Waals surface area contributed by atoms with Gasteiger partial charge < -0.3 is 9.80 Å². The smallest absolute Gasteiger partial charge is 0.133 e. The van der Waals surface area contributed by atoms with Crippen LogP contribution in [0.3, 0.4) is 0 Å². The Morgan fingerprint density at radius 1 is 0.452 bits per heavy atom. The lowest BCUT2D eigenvalue weighted by atomic mass is 9.89. The number of nitrogens with zero attached hydrogens (tertiary/aromatic N) is 2. The van der Waals surface area contributed by atoms with Crippen LogP contribution in [0.4, 0.5) is 0 Å². The van der Waals surface area contributed by atoms with E-state index >= 15 is 0 Å². The Labute approximate surface area is 266 Å². The highest BCUT2D eigenvalue weighted by Crippen LogP contribution is 2.23. The molecule has 42 heavy (non-hydrogen) atoms. The Morgan fingerprint density at radius 3 is 1.26 bits per heavy atom. The molecule has 0 aromatic carbocycles. The van der Waals surface area contributed by atoms with Crippen molar-refractivity contribution in [3.05, 3.63) is 0 Å². The summed E-state index contributed by atoms with van der Waals surface area (Å²) in [4.78, 5) is 17.9. The fraction of sp³-hybridized carbons (Fsp3) is 0.974. The quantitative estimate of drug-likeness (QED) is 0.0684. The third kappa shape index (κ3) is 31.0. The van der Waals surface area contributed by atoms with E-state index in [2.05, 4.69) is 44.7 Å². The molecule has 0 rings (SSSR count). The van der Waals surface area contributed by atoms with Gasteiger partial charge in [0.05, 0.1) is 0 Å². The Bertz CT molecular complexity index is 518. The van der Waals surface area contributed by atoms with Gasteiger partial charge in [-0.3, -0.25) is 4.79 Å². The molecule has 0 radical (unpaired) electrons. The summed E-state index contributed by atoms with van der Waals surface area (Å²) < 4.78 is 0. The van der Waals surface area contributed by atoms with Crippen LogP contribution in [0.5, 0.6) is 0 Å². The Hall–Kier alpha value is -0.410. The molecule has 0 bridgehead atoms. The third-order valence-corrected chi connectivity index (χ3v) is 9.32. The fourth-order valence-corrected chi connectivity index (χ4v) is 6.36. The SMILES string of the molecule is CCCCCCCCCN(CCCCCCCC(=O)CC(CCCCCCCC)CCCCCCCC)CCN(C)C. The summed E-state index contributed by atoms with van der Waals surface area (Å²) in [5.41, 5.74) is 0. The van der Waals surface area contributed by atoms with Crippen molar-refractivity contribution in [3.63, 3.8) is 0 Å². The fourth-order valence-electron chi connectivity index (χ4n) is 6.36. The number of likely N-dealkylation sites (N-methyl/N-ethyl adjacent to an activating group) is 1. The average molecular weight is 593 g/mol. The van der Waals surface area contributed by atoms with Crippen molar-refractivity contribution in [1.82, 2.24) is 9.80 Å². The molecule has 0 saturated heterocycles. The normalized spacial score (nSPS) is 11.9. The van der Waals surface area contributed by atoms with E-state index in [1.54, 1.807) is 0 Å². The molecule has 0 unspecified atom stereocenters. The van der Waals surface area contributed by atoms with Gasteiger partial charge in [-0.05, 0) is 52.4 Å². The van der Waals surface area contributed by atoms with E-state index in [4.69, 9.17) is 0 Å². The molecular formula is C39H80N2O. The van der Waals surface area contributed by atoms with E-state index in [1.165, 1.54) is 180 Å². The molecule has 0 aliphatic rings. The van der Waals surface area contributed by atoms with Crippen LogP contribution in [-0.4, -0.2) is 55.9 Å². The van der Waals surface area contributed by atoms with Gasteiger partial charge >= 0.3 is 0 Å². The predicted octanol–water partition coefficient (Wildman–Crippen LogP) is 12.0. The van der Waals surface area contributed by atoms with E-state index < -0.39 is 0 Å². The molecule has 0 aromatic heterocycles. The summed E-state index contributed by atoms with van der Waals surface area (Å²) in [6, 6.07) is 0. The second kappa shape index (κ2) is 33.5. The second-order valence-corrected chi connectivity index (χ2v) is 14.0. The van der Waals surface area contributed by atoms with E-state index in [0.29, 0.717) is 11.7 Å². The van der Waals surface area contributed by atoms with Gasteiger partial charge in [-0.15, -0.1) is 0 Å². The van der Waals surface area contributed by atoms with Crippen molar-refractivity contribution in [2.24, 2.45) is 5.92 Å². The van der Waals surface area contributed by atoms with Crippen LogP contribution in [0, 0.1) is 5.92 Å². The first kappa shape index (κ1) is 41.6. The van der Waals surface area contributed by atoms with Gasteiger partial charge in [0.25, 0.3) is 0 Å².